The second kappa shape index (κ2) is 7.22. The van der Waals surface area contributed by atoms with E-state index >= 15 is 0 Å². The van der Waals surface area contributed by atoms with Crippen molar-refractivity contribution in [2.45, 2.75) is 5.25 Å². The number of hydrogen-bond acceptors (Lipinski definition) is 3. The Labute approximate surface area is 126 Å². The lowest BCUT2D eigenvalue weighted by Crippen LogP contribution is -2.07. The van der Waals surface area contributed by atoms with Crippen molar-refractivity contribution in [2.24, 2.45) is 0 Å². The summed E-state index contributed by atoms with van der Waals surface area (Å²) in [6.07, 6.45) is 0. The number of esters is 1. The first-order valence-electron chi connectivity index (χ1n) is 6.29. The van der Waals surface area contributed by atoms with E-state index in [0.29, 0.717) is 0 Å². The largest absolute Gasteiger partial charge is 0.468 e. The van der Waals surface area contributed by atoms with E-state index in [2.05, 4.69) is 4.74 Å². The summed E-state index contributed by atoms with van der Waals surface area (Å²) in [7, 11) is 1.33. The number of benzene rings is 2. The molecule has 21 heavy (non-hydrogen) atoms. The van der Waals surface area contributed by atoms with Crippen LogP contribution < -0.4 is 0 Å². The first-order valence-corrected chi connectivity index (χ1v) is 7.34. The van der Waals surface area contributed by atoms with Gasteiger partial charge in [-0.25, -0.2) is 8.78 Å². The maximum Gasteiger partial charge on any atom is 0.315 e. The van der Waals surface area contributed by atoms with Crippen molar-refractivity contribution in [3.8, 4) is 0 Å². The molecule has 0 saturated carbocycles. The average molecular weight is 308 g/mol. The minimum absolute atomic E-state index is 0.163. The first kappa shape index (κ1) is 15.5. The Morgan fingerprint density at radius 3 is 1.81 bits per heavy atom. The van der Waals surface area contributed by atoms with Crippen LogP contribution in [0.1, 0.15) is 16.4 Å². The van der Waals surface area contributed by atoms with Gasteiger partial charge in [0.15, 0.2) is 0 Å². The Hall–Kier alpha value is -1.88. The van der Waals surface area contributed by atoms with Crippen molar-refractivity contribution in [1.82, 2.24) is 0 Å². The zero-order chi connectivity index (χ0) is 15.2. The average Bonchev–Trinajstić information content (AvgIpc) is 2.50. The number of rotatable bonds is 5. The molecule has 0 atom stereocenters. The third kappa shape index (κ3) is 4.29. The fourth-order valence-corrected chi connectivity index (χ4v) is 2.99. The normalized spacial score (nSPS) is 10.7. The molecule has 0 aliphatic carbocycles. The Balaban J connectivity index is 2.27. The Morgan fingerprint density at radius 1 is 1.00 bits per heavy atom. The summed E-state index contributed by atoms with van der Waals surface area (Å²) in [5.41, 5.74) is 1.69. The topological polar surface area (TPSA) is 26.3 Å². The van der Waals surface area contributed by atoms with Gasteiger partial charge >= 0.3 is 5.97 Å². The monoisotopic (exact) mass is 308 g/mol. The van der Waals surface area contributed by atoms with Crippen LogP contribution in [0.25, 0.3) is 0 Å². The van der Waals surface area contributed by atoms with Gasteiger partial charge in [-0.1, -0.05) is 24.3 Å². The molecule has 0 heterocycles. The van der Waals surface area contributed by atoms with Gasteiger partial charge in [-0.3, -0.25) is 4.79 Å². The molecule has 0 saturated heterocycles. The molecule has 0 bridgehead atoms. The number of hydrogen-bond donors (Lipinski definition) is 0. The van der Waals surface area contributed by atoms with Gasteiger partial charge in [0.05, 0.1) is 18.1 Å². The lowest BCUT2D eigenvalue weighted by atomic mass is 10.0. The third-order valence-electron chi connectivity index (χ3n) is 2.94. The van der Waals surface area contributed by atoms with Gasteiger partial charge in [-0.05, 0) is 35.4 Å². The van der Waals surface area contributed by atoms with E-state index in [0.717, 1.165) is 11.1 Å². The summed E-state index contributed by atoms with van der Waals surface area (Å²) in [6.45, 7) is 0. The molecule has 2 nitrogen and oxygen atoms in total. The molecule has 0 radical (unpaired) electrons. The molecule has 5 heteroatoms. The van der Waals surface area contributed by atoms with Crippen LogP contribution >= 0.6 is 11.8 Å². The SMILES string of the molecule is COC(=O)CSC(c1ccc(F)cc1)c1ccc(F)cc1. The highest BCUT2D eigenvalue weighted by Crippen LogP contribution is 2.35. The number of ether oxygens (including phenoxy) is 1. The van der Waals surface area contributed by atoms with Gasteiger partial charge < -0.3 is 4.74 Å². The van der Waals surface area contributed by atoms with Crippen LogP contribution in [0.3, 0.4) is 0 Å². The number of carbonyl (C=O) groups excluding carboxylic acids is 1. The van der Waals surface area contributed by atoms with Crippen molar-refractivity contribution in [3.05, 3.63) is 71.3 Å². The van der Waals surface area contributed by atoms with E-state index in [9.17, 15) is 13.6 Å². The molecular weight excluding hydrogens is 294 g/mol. The van der Waals surface area contributed by atoms with E-state index in [4.69, 9.17) is 0 Å². The van der Waals surface area contributed by atoms with Crippen LogP contribution in [0, 0.1) is 11.6 Å². The molecule has 0 spiro atoms. The quantitative estimate of drug-likeness (QED) is 0.782. The van der Waals surface area contributed by atoms with E-state index < -0.39 is 0 Å². The lowest BCUT2D eigenvalue weighted by molar-refractivity contribution is -0.137. The Morgan fingerprint density at radius 2 is 1.43 bits per heavy atom. The van der Waals surface area contributed by atoms with Crippen molar-refractivity contribution in [2.75, 3.05) is 12.9 Å². The molecule has 0 N–H and O–H groups in total. The zero-order valence-electron chi connectivity index (χ0n) is 11.4. The number of methoxy groups -OCH3 is 1. The van der Waals surface area contributed by atoms with Crippen LogP contribution in [0.15, 0.2) is 48.5 Å². The number of thioether (sulfide) groups is 1. The predicted octanol–water partition coefficient (Wildman–Crippen LogP) is 3.96. The van der Waals surface area contributed by atoms with Crippen molar-refractivity contribution < 1.29 is 18.3 Å². The molecule has 2 rings (SSSR count). The van der Waals surface area contributed by atoms with E-state index in [1.54, 1.807) is 24.3 Å². The van der Waals surface area contributed by atoms with E-state index in [1.807, 2.05) is 0 Å². The zero-order valence-corrected chi connectivity index (χ0v) is 12.2. The van der Waals surface area contributed by atoms with Gasteiger partial charge in [0.25, 0.3) is 0 Å². The molecule has 0 aliphatic heterocycles. The Bertz CT molecular complexity index is 551. The summed E-state index contributed by atoms with van der Waals surface area (Å²) in [6, 6.07) is 12.1. The fraction of sp³-hybridized carbons (Fsp3) is 0.188. The van der Waals surface area contributed by atoms with Gasteiger partial charge in [-0.2, -0.15) is 0 Å². The summed E-state index contributed by atoms with van der Waals surface area (Å²) in [5.74, 6) is -0.825. The highest BCUT2D eigenvalue weighted by atomic mass is 32.2. The predicted molar refractivity (Wildman–Crippen MR) is 79.1 cm³/mol. The van der Waals surface area contributed by atoms with Gasteiger partial charge in [0.1, 0.15) is 11.6 Å². The molecule has 0 unspecified atom stereocenters. The molecule has 110 valence electrons. The molecule has 2 aromatic rings. The number of carbonyl (C=O) groups is 1. The minimum Gasteiger partial charge on any atom is -0.468 e. The highest BCUT2D eigenvalue weighted by molar-refractivity contribution is 8.00. The molecule has 0 aliphatic rings. The van der Waals surface area contributed by atoms with Gasteiger partial charge in [0, 0.05) is 0 Å². The van der Waals surface area contributed by atoms with Crippen LogP contribution in [0.5, 0.6) is 0 Å². The first-order chi connectivity index (χ1) is 10.1. The van der Waals surface area contributed by atoms with Crippen LogP contribution in [0.4, 0.5) is 8.78 Å². The third-order valence-corrected chi connectivity index (χ3v) is 4.22. The second-order valence-corrected chi connectivity index (χ2v) is 5.46. The van der Waals surface area contributed by atoms with E-state index in [1.165, 1.54) is 43.1 Å². The van der Waals surface area contributed by atoms with Crippen LogP contribution in [0.2, 0.25) is 0 Å². The smallest absolute Gasteiger partial charge is 0.315 e. The van der Waals surface area contributed by atoms with Crippen LogP contribution in [-0.2, 0) is 9.53 Å². The fourth-order valence-electron chi connectivity index (χ4n) is 1.87. The summed E-state index contributed by atoms with van der Waals surface area (Å²) in [5, 5.41) is -0.190. The van der Waals surface area contributed by atoms with Gasteiger partial charge in [0.2, 0.25) is 0 Å². The maximum absolute atomic E-state index is 13.0. The van der Waals surface area contributed by atoms with Crippen LogP contribution in [-0.4, -0.2) is 18.8 Å². The molecule has 0 aromatic heterocycles. The maximum atomic E-state index is 13.0. The van der Waals surface area contributed by atoms with Gasteiger partial charge in [-0.15, -0.1) is 11.8 Å². The van der Waals surface area contributed by atoms with Crippen molar-refractivity contribution in [1.29, 1.82) is 0 Å². The molecule has 0 fully saturated rings. The highest BCUT2D eigenvalue weighted by Gasteiger charge is 2.17. The Kier molecular flexibility index (Phi) is 5.33. The van der Waals surface area contributed by atoms with Crippen molar-refractivity contribution in [3.63, 3.8) is 0 Å². The minimum atomic E-state index is -0.339. The van der Waals surface area contributed by atoms with E-state index in [-0.39, 0.29) is 28.6 Å². The summed E-state index contributed by atoms with van der Waals surface area (Å²) < 4.78 is 30.7. The summed E-state index contributed by atoms with van der Waals surface area (Å²) in [4.78, 5) is 11.3. The van der Waals surface area contributed by atoms with Crippen molar-refractivity contribution >= 4 is 17.7 Å². The standard InChI is InChI=1S/C16H14F2O2S/c1-20-15(19)10-21-16(11-2-6-13(17)7-3-11)12-4-8-14(18)9-5-12/h2-9,16H,10H2,1H3. The molecule has 0 amide bonds. The number of halogens is 2. The summed E-state index contributed by atoms with van der Waals surface area (Å²) >= 11 is 1.35. The lowest BCUT2D eigenvalue weighted by Gasteiger charge is -2.17. The second-order valence-electron chi connectivity index (χ2n) is 4.37. The molecular formula is C16H14F2O2S. The molecule has 2 aromatic carbocycles.